The van der Waals surface area contributed by atoms with Gasteiger partial charge in [0.15, 0.2) is 6.10 Å². The van der Waals surface area contributed by atoms with Gasteiger partial charge in [-0.1, -0.05) is 0 Å². The van der Waals surface area contributed by atoms with Gasteiger partial charge in [-0.15, -0.1) is 0 Å². The van der Waals surface area contributed by atoms with E-state index >= 15 is 0 Å². The molecule has 0 amide bonds. The first-order chi connectivity index (χ1) is 17.4. The highest BCUT2D eigenvalue weighted by molar-refractivity contribution is 5.68. The van der Waals surface area contributed by atoms with Crippen LogP contribution in [0.15, 0.2) is 24.3 Å². The second-order valence-corrected chi connectivity index (χ2v) is 7.68. The van der Waals surface area contributed by atoms with E-state index in [9.17, 15) is 34.1 Å². The van der Waals surface area contributed by atoms with Gasteiger partial charge in [0.05, 0.1) is 10.8 Å². The number of ether oxygens (including phenoxy) is 7. The number of carbonyl (C=O) groups is 5. The summed E-state index contributed by atoms with van der Waals surface area (Å²) in [5.41, 5.74) is -0.246. The molecule has 37 heavy (non-hydrogen) atoms. The monoisotopic (exact) mass is 527 g/mol. The highest BCUT2D eigenvalue weighted by Crippen LogP contribution is 2.33. The third kappa shape index (κ3) is 9.03. The number of hydrogen-bond donors (Lipinski definition) is 0. The number of esters is 4. The zero-order valence-electron chi connectivity index (χ0n) is 20.3. The van der Waals surface area contributed by atoms with Crippen LogP contribution >= 0.6 is 0 Å². The molecule has 0 aliphatic carbocycles. The molecule has 0 radical (unpaired) electrons. The van der Waals surface area contributed by atoms with Crippen LogP contribution in [-0.2, 0) is 47.6 Å². The van der Waals surface area contributed by atoms with E-state index in [-0.39, 0.29) is 11.4 Å². The lowest BCUT2D eigenvalue weighted by Gasteiger charge is -2.43. The Morgan fingerprint density at radius 2 is 1.35 bits per heavy atom. The molecule has 15 heteroatoms. The van der Waals surface area contributed by atoms with Gasteiger partial charge < -0.3 is 33.2 Å². The van der Waals surface area contributed by atoms with E-state index in [1.165, 1.54) is 0 Å². The van der Waals surface area contributed by atoms with E-state index in [1.54, 1.807) is 0 Å². The van der Waals surface area contributed by atoms with Crippen molar-refractivity contribution in [3.05, 3.63) is 34.4 Å². The largest absolute Gasteiger partial charge is 0.516 e. The topological polar surface area (TPSA) is 193 Å². The zero-order valence-corrected chi connectivity index (χ0v) is 20.3. The highest BCUT2D eigenvalue weighted by Gasteiger charge is 2.52. The summed E-state index contributed by atoms with van der Waals surface area (Å²) in [6.07, 6.45) is -7.00. The fourth-order valence-electron chi connectivity index (χ4n) is 3.36. The van der Waals surface area contributed by atoms with E-state index in [0.29, 0.717) is 0 Å². The quantitative estimate of drug-likeness (QED) is 0.147. The summed E-state index contributed by atoms with van der Waals surface area (Å²) < 4.78 is 36.5. The minimum absolute atomic E-state index is 0.110. The maximum atomic E-state index is 12.5. The molecular weight excluding hydrogens is 502 g/mol. The zero-order chi connectivity index (χ0) is 27.7. The Kier molecular flexibility index (Phi) is 10.3. The number of nitrogens with zero attached hydrogens (tertiary/aromatic N) is 1. The normalized spacial score (nSPS) is 22.6. The molecule has 202 valence electrons. The van der Waals surface area contributed by atoms with Gasteiger partial charge in [0.25, 0.3) is 5.69 Å². The van der Waals surface area contributed by atoms with Gasteiger partial charge in [0.2, 0.25) is 6.29 Å². The molecule has 1 fully saturated rings. The number of nitro groups is 1. The molecule has 0 bridgehead atoms. The van der Waals surface area contributed by atoms with Crippen molar-refractivity contribution in [2.45, 2.75) is 52.3 Å². The van der Waals surface area contributed by atoms with Crippen molar-refractivity contribution in [3.63, 3.8) is 0 Å². The summed E-state index contributed by atoms with van der Waals surface area (Å²) in [5, 5.41) is 10.8. The van der Waals surface area contributed by atoms with E-state index in [2.05, 4.69) is 0 Å². The summed E-state index contributed by atoms with van der Waals surface area (Å²) in [7, 11) is 0. The molecule has 1 heterocycles. The fourth-order valence-corrected chi connectivity index (χ4v) is 3.36. The second kappa shape index (κ2) is 13.2. The molecule has 0 unspecified atom stereocenters. The fraction of sp³-hybridized carbons (Fsp3) is 0.500. The van der Waals surface area contributed by atoms with Crippen molar-refractivity contribution < 1.29 is 62.1 Å². The molecule has 1 aromatic carbocycles. The summed E-state index contributed by atoms with van der Waals surface area (Å²) in [6.45, 7) is 3.47. The predicted molar refractivity (Wildman–Crippen MR) is 117 cm³/mol. The summed E-state index contributed by atoms with van der Waals surface area (Å²) in [5.74, 6) is -4.24. The molecule has 2 rings (SSSR count). The number of hydrogen-bond acceptors (Lipinski definition) is 14. The second-order valence-electron chi connectivity index (χ2n) is 7.68. The predicted octanol–water partition coefficient (Wildman–Crippen LogP) is 1.44. The number of non-ortho nitro benzene ring substituents is 1. The number of rotatable bonds is 9. The van der Waals surface area contributed by atoms with Crippen LogP contribution in [0.25, 0.3) is 0 Å². The van der Waals surface area contributed by atoms with Crippen molar-refractivity contribution in [2.75, 3.05) is 13.2 Å². The molecule has 1 aliphatic rings. The Morgan fingerprint density at radius 1 is 0.811 bits per heavy atom. The van der Waals surface area contributed by atoms with Gasteiger partial charge in [0, 0.05) is 39.8 Å². The maximum absolute atomic E-state index is 12.5. The van der Waals surface area contributed by atoms with Gasteiger partial charge in [-0.05, 0) is 12.1 Å². The van der Waals surface area contributed by atoms with E-state index in [1.807, 2.05) is 0 Å². The van der Waals surface area contributed by atoms with Crippen LogP contribution in [0.5, 0.6) is 5.75 Å². The molecule has 15 nitrogen and oxygen atoms in total. The van der Waals surface area contributed by atoms with Crippen molar-refractivity contribution in [2.24, 2.45) is 5.92 Å². The van der Waals surface area contributed by atoms with E-state index in [0.717, 1.165) is 52.0 Å². The lowest BCUT2D eigenvalue weighted by atomic mass is 9.89. The summed E-state index contributed by atoms with van der Waals surface area (Å²) >= 11 is 0. The lowest BCUT2D eigenvalue weighted by Crippen LogP contribution is -2.60. The Balaban J connectivity index is 2.34. The molecule has 0 spiro atoms. The van der Waals surface area contributed by atoms with Crippen LogP contribution < -0.4 is 4.74 Å². The van der Waals surface area contributed by atoms with Crippen molar-refractivity contribution in [1.29, 1.82) is 0 Å². The van der Waals surface area contributed by atoms with Crippen LogP contribution in [0.2, 0.25) is 0 Å². The molecule has 0 saturated carbocycles. The Labute approximate surface area is 210 Å². The van der Waals surface area contributed by atoms with Crippen molar-refractivity contribution in [1.82, 2.24) is 0 Å². The average Bonchev–Trinajstić information content (AvgIpc) is 2.78. The molecule has 1 saturated heterocycles. The Morgan fingerprint density at radius 3 is 1.86 bits per heavy atom. The Bertz CT molecular complexity index is 1020. The van der Waals surface area contributed by atoms with Gasteiger partial charge >= 0.3 is 30.0 Å². The van der Waals surface area contributed by atoms with Gasteiger partial charge in [-0.3, -0.25) is 29.3 Å². The van der Waals surface area contributed by atoms with E-state index < -0.39 is 78.7 Å². The SMILES string of the molecule is CC(=O)OC[C@H]1[C@@H](OC(C)=O)[C@@H](COC(C)=O)O[C@@H](OC(=O)Oc2ccc([N+](=O)[O-])cc2)[C@@H]1OC(C)=O. The van der Waals surface area contributed by atoms with Gasteiger partial charge in [-0.2, -0.15) is 0 Å². The van der Waals surface area contributed by atoms with Gasteiger partial charge in [-0.25, -0.2) is 4.79 Å². The summed E-state index contributed by atoms with van der Waals surface area (Å²) in [4.78, 5) is 69.1. The highest BCUT2D eigenvalue weighted by atomic mass is 16.8. The molecule has 0 N–H and O–H groups in total. The first kappa shape index (κ1) is 29.0. The number of nitro benzene ring substituents is 1. The van der Waals surface area contributed by atoms with Crippen LogP contribution in [-0.4, -0.2) is 72.8 Å². The lowest BCUT2D eigenvalue weighted by molar-refractivity contribution is -0.384. The minimum atomic E-state index is -1.69. The van der Waals surface area contributed by atoms with Crippen LogP contribution in [0.1, 0.15) is 27.7 Å². The van der Waals surface area contributed by atoms with Crippen LogP contribution in [0, 0.1) is 16.0 Å². The minimum Gasteiger partial charge on any atom is -0.465 e. The molecule has 5 atom stereocenters. The molecule has 1 aliphatic heterocycles. The number of carbonyl (C=O) groups excluding carboxylic acids is 5. The van der Waals surface area contributed by atoms with E-state index in [4.69, 9.17) is 33.2 Å². The average molecular weight is 527 g/mol. The molecule has 1 aromatic rings. The van der Waals surface area contributed by atoms with Crippen molar-refractivity contribution >= 4 is 35.7 Å². The standard InChI is InChI=1S/C22H25NO14/c1-11(24)31-9-17-19(33-13(3)26)18(10-32-12(2)25)36-21(20(17)34-14(4)27)37-22(28)35-16-7-5-15(6-8-16)23(29)30/h5-8,17-21H,9-10H2,1-4H3/t17-,18+,19+,20+,21-/m0/s1. The van der Waals surface area contributed by atoms with Gasteiger partial charge in [0.1, 0.15) is 31.2 Å². The number of benzene rings is 1. The van der Waals surface area contributed by atoms with Crippen LogP contribution in [0.3, 0.4) is 0 Å². The van der Waals surface area contributed by atoms with Crippen LogP contribution in [0.4, 0.5) is 10.5 Å². The maximum Gasteiger partial charge on any atom is 0.516 e. The third-order valence-electron chi connectivity index (χ3n) is 4.78. The molecular formula is C22H25NO14. The third-order valence-corrected chi connectivity index (χ3v) is 4.78. The molecule has 0 aromatic heterocycles. The first-order valence-corrected chi connectivity index (χ1v) is 10.8. The first-order valence-electron chi connectivity index (χ1n) is 10.8. The smallest absolute Gasteiger partial charge is 0.465 e. The Hall–Kier alpha value is -4.27. The van der Waals surface area contributed by atoms with Crippen molar-refractivity contribution in [3.8, 4) is 5.75 Å². The summed E-state index contributed by atoms with van der Waals surface area (Å²) in [6, 6.07) is 4.48.